The lowest BCUT2D eigenvalue weighted by atomic mass is 10.2. The fourth-order valence-corrected chi connectivity index (χ4v) is 2.20. The van der Waals surface area contributed by atoms with Gasteiger partial charge in [0.2, 0.25) is 0 Å². The van der Waals surface area contributed by atoms with Crippen molar-refractivity contribution in [2.45, 2.75) is 26.1 Å². The SMILES string of the molecule is CC1CN(c2nc(C(N)=O)ccc2N)CC(C)O1. The van der Waals surface area contributed by atoms with Crippen molar-refractivity contribution in [2.24, 2.45) is 5.73 Å². The van der Waals surface area contributed by atoms with Crippen LogP contribution in [0, 0.1) is 0 Å². The second-order valence-electron chi connectivity index (χ2n) is 4.64. The maximum Gasteiger partial charge on any atom is 0.267 e. The fraction of sp³-hybridized carbons (Fsp3) is 0.500. The van der Waals surface area contributed by atoms with Crippen LogP contribution < -0.4 is 16.4 Å². The Kier molecular flexibility index (Phi) is 3.38. The third-order valence-electron chi connectivity index (χ3n) is 2.88. The van der Waals surface area contributed by atoms with Gasteiger partial charge in [-0.15, -0.1) is 0 Å². The van der Waals surface area contributed by atoms with Crippen LogP contribution >= 0.6 is 0 Å². The first-order chi connectivity index (χ1) is 8.47. The highest BCUT2D eigenvalue weighted by atomic mass is 16.5. The maximum atomic E-state index is 11.2. The number of morpholine rings is 1. The van der Waals surface area contributed by atoms with Gasteiger partial charge in [0.1, 0.15) is 5.69 Å². The molecule has 1 saturated heterocycles. The summed E-state index contributed by atoms with van der Waals surface area (Å²) in [5.41, 5.74) is 11.9. The summed E-state index contributed by atoms with van der Waals surface area (Å²) in [6.07, 6.45) is 0.208. The summed E-state index contributed by atoms with van der Waals surface area (Å²) in [6.45, 7) is 5.39. The quantitative estimate of drug-likeness (QED) is 0.791. The Labute approximate surface area is 106 Å². The number of amides is 1. The summed E-state index contributed by atoms with van der Waals surface area (Å²) in [5.74, 6) is 0.0545. The van der Waals surface area contributed by atoms with E-state index < -0.39 is 5.91 Å². The summed E-state index contributed by atoms with van der Waals surface area (Å²) >= 11 is 0. The monoisotopic (exact) mass is 250 g/mol. The second kappa shape index (κ2) is 4.81. The van der Waals surface area contributed by atoms with E-state index in [0.717, 1.165) is 0 Å². The highest BCUT2D eigenvalue weighted by molar-refractivity contribution is 5.91. The van der Waals surface area contributed by atoms with Crippen LogP contribution in [-0.4, -0.2) is 36.2 Å². The molecule has 0 aromatic carbocycles. The highest BCUT2D eigenvalue weighted by Gasteiger charge is 2.25. The molecule has 0 bridgehead atoms. The van der Waals surface area contributed by atoms with Crippen LogP contribution in [0.3, 0.4) is 0 Å². The molecular weight excluding hydrogens is 232 g/mol. The number of aromatic nitrogens is 1. The zero-order valence-electron chi connectivity index (χ0n) is 10.6. The van der Waals surface area contributed by atoms with Crippen LogP contribution in [0.25, 0.3) is 0 Å². The second-order valence-corrected chi connectivity index (χ2v) is 4.64. The van der Waals surface area contributed by atoms with E-state index in [2.05, 4.69) is 4.98 Å². The molecule has 6 nitrogen and oxygen atoms in total. The van der Waals surface area contributed by atoms with E-state index in [1.807, 2.05) is 18.7 Å². The number of hydrogen-bond donors (Lipinski definition) is 2. The molecule has 1 fully saturated rings. The van der Waals surface area contributed by atoms with Gasteiger partial charge in [0.05, 0.1) is 17.9 Å². The molecule has 98 valence electrons. The average molecular weight is 250 g/mol. The van der Waals surface area contributed by atoms with E-state index in [0.29, 0.717) is 24.6 Å². The van der Waals surface area contributed by atoms with Gasteiger partial charge in [-0.3, -0.25) is 4.79 Å². The molecule has 1 aromatic heterocycles. The standard InChI is InChI=1S/C12H18N4O2/c1-7-5-16(6-8(2)18-7)12-9(13)3-4-10(15-12)11(14)17/h3-4,7-8H,5-6,13H2,1-2H3,(H2,14,17). The molecule has 1 aromatic rings. The van der Waals surface area contributed by atoms with Crippen molar-refractivity contribution in [1.82, 2.24) is 4.98 Å². The third kappa shape index (κ3) is 2.53. The molecule has 18 heavy (non-hydrogen) atoms. The number of carbonyl (C=O) groups excluding carboxylic acids is 1. The van der Waals surface area contributed by atoms with Gasteiger partial charge in [-0.25, -0.2) is 4.98 Å². The zero-order valence-corrected chi connectivity index (χ0v) is 10.6. The number of carbonyl (C=O) groups is 1. The summed E-state index contributed by atoms with van der Waals surface area (Å²) in [4.78, 5) is 17.4. The Bertz CT molecular complexity index is 453. The first-order valence-electron chi connectivity index (χ1n) is 5.94. The van der Waals surface area contributed by atoms with E-state index in [-0.39, 0.29) is 17.9 Å². The maximum absolute atomic E-state index is 11.2. The topological polar surface area (TPSA) is 94.5 Å². The lowest BCUT2D eigenvalue weighted by Gasteiger charge is -2.36. The Hall–Kier alpha value is -1.82. The van der Waals surface area contributed by atoms with Gasteiger partial charge in [0.25, 0.3) is 5.91 Å². The van der Waals surface area contributed by atoms with Crippen molar-refractivity contribution in [3.05, 3.63) is 17.8 Å². The van der Waals surface area contributed by atoms with E-state index in [4.69, 9.17) is 16.2 Å². The molecule has 0 radical (unpaired) electrons. The first kappa shape index (κ1) is 12.6. The number of pyridine rings is 1. The van der Waals surface area contributed by atoms with Gasteiger partial charge in [-0.2, -0.15) is 0 Å². The number of nitrogen functional groups attached to an aromatic ring is 1. The minimum atomic E-state index is -0.550. The molecule has 1 amide bonds. The van der Waals surface area contributed by atoms with Gasteiger partial charge in [0.15, 0.2) is 5.82 Å². The fourth-order valence-electron chi connectivity index (χ4n) is 2.20. The molecule has 1 aliphatic rings. The van der Waals surface area contributed by atoms with E-state index in [1.165, 1.54) is 6.07 Å². The van der Waals surface area contributed by atoms with Crippen LogP contribution in [-0.2, 0) is 4.74 Å². The summed E-state index contributed by atoms with van der Waals surface area (Å²) in [5, 5.41) is 0. The smallest absolute Gasteiger partial charge is 0.267 e. The van der Waals surface area contributed by atoms with Crippen LogP contribution in [0.4, 0.5) is 11.5 Å². The predicted molar refractivity (Wildman–Crippen MR) is 69.4 cm³/mol. The number of ether oxygens (including phenoxy) is 1. The lowest BCUT2D eigenvalue weighted by Crippen LogP contribution is -2.46. The number of nitrogens with zero attached hydrogens (tertiary/aromatic N) is 2. The first-order valence-corrected chi connectivity index (χ1v) is 5.94. The Balaban J connectivity index is 2.31. The van der Waals surface area contributed by atoms with Gasteiger partial charge >= 0.3 is 0 Å². The van der Waals surface area contributed by atoms with Gasteiger partial charge in [-0.1, -0.05) is 0 Å². The molecule has 0 spiro atoms. The largest absolute Gasteiger partial charge is 0.396 e. The highest BCUT2D eigenvalue weighted by Crippen LogP contribution is 2.24. The molecule has 2 unspecified atom stereocenters. The summed E-state index contributed by atoms with van der Waals surface area (Å²) < 4.78 is 5.65. The molecule has 2 rings (SSSR count). The molecule has 0 saturated carbocycles. The number of rotatable bonds is 2. The molecule has 2 atom stereocenters. The lowest BCUT2D eigenvalue weighted by molar-refractivity contribution is -0.00541. The van der Waals surface area contributed by atoms with Crippen LogP contribution in [0.2, 0.25) is 0 Å². The summed E-state index contributed by atoms with van der Waals surface area (Å²) in [7, 11) is 0. The van der Waals surface area contributed by atoms with E-state index >= 15 is 0 Å². The Morgan fingerprint density at radius 1 is 1.39 bits per heavy atom. The van der Waals surface area contributed by atoms with E-state index in [9.17, 15) is 4.79 Å². The van der Waals surface area contributed by atoms with Crippen molar-refractivity contribution >= 4 is 17.4 Å². The molecule has 4 N–H and O–H groups in total. The Morgan fingerprint density at radius 2 is 2.00 bits per heavy atom. The average Bonchev–Trinajstić information content (AvgIpc) is 2.27. The molecule has 2 heterocycles. The van der Waals surface area contributed by atoms with E-state index in [1.54, 1.807) is 6.07 Å². The normalized spacial score (nSPS) is 24.0. The van der Waals surface area contributed by atoms with Gasteiger partial charge in [0, 0.05) is 13.1 Å². The number of anilines is 2. The summed E-state index contributed by atoms with van der Waals surface area (Å²) in [6, 6.07) is 3.20. The predicted octanol–water partition coefficient (Wildman–Crippen LogP) is 0.376. The van der Waals surface area contributed by atoms with Gasteiger partial charge in [-0.05, 0) is 26.0 Å². The molecule has 1 aliphatic heterocycles. The minimum absolute atomic E-state index is 0.104. The number of nitrogens with two attached hydrogens (primary N) is 2. The molecule has 0 aliphatic carbocycles. The van der Waals surface area contributed by atoms with Crippen molar-refractivity contribution in [3.63, 3.8) is 0 Å². The van der Waals surface area contributed by atoms with Crippen LogP contribution in [0.5, 0.6) is 0 Å². The zero-order chi connectivity index (χ0) is 13.3. The van der Waals surface area contributed by atoms with Gasteiger partial charge < -0.3 is 21.1 Å². The number of primary amides is 1. The number of hydrogen-bond acceptors (Lipinski definition) is 5. The minimum Gasteiger partial charge on any atom is -0.396 e. The van der Waals surface area contributed by atoms with Crippen LogP contribution in [0.1, 0.15) is 24.3 Å². The third-order valence-corrected chi connectivity index (χ3v) is 2.88. The Morgan fingerprint density at radius 3 is 2.56 bits per heavy atom. The van der Waals surface area contributed by atoms with Crippen LogP contribution in [0.15, 0.2) is 12.1 Å². The van der Waals surface area contributed by atoms with Crippen molar-refractivity contribution in [2.75, 3.05) is 23.7 Å². The van der Waals surface area contributed by atoms with Crippen molar-refractivity contribution in [3.8, 4) is 0 Å². The molecule has 6 heteroatoms. The van der Waals surface area contributed by atoms with Crippen molar-refractivity contribution < 1.29 is 9.53 Å². The molecular formula is C12H18N4O2. The van der Waals surface area contributed by atoms with Crippen molar-refractivity contribution in [1.29, 1.82) is 0 Å².